The van der Waals surface area contributed by atoms with Gasteiger partial charge in [0.05, 0.1) is 0 Å². The molecule has 0 nitrogen and oxygen atoms in total. The van der Waals surface area contributed by atoms with Gasteiger partial charge in [-0.1, -0.05) is 0 Å². The summed E-state index contributed by atoms with van der Waals surface area (Å²) >= 11 is 2.21. The van der Waals surface area contributed by atoms with E-state index < -0.39 is 0 Å². The van der Waals surface area contributed by atoms with Gasteiger partial charge in [-0.2, -0.15) is 0 Å². The third-order valence-corrected chi connectivity index (χ3v) is 1.08. The SMILES string of the molecule is CCC[CH2][Ti]. The van der Waals surface area contributed by atoms with Crippen molar-refractivity contribution in [1.29, 1.82) is 0 Å². The molecule has 0 aliphatic carbocycles. The molecule has 5 heavy (non-hydrogen) atoms. The zero-order valence-electron chi connectivity index (χ0n) is 3.62. The van der Waals surface area contributed by atoms with Gasteiger partial charge in [0.1, 0.15) is 0 Å². The standard InChI is InChI=1S/C4H9.Ti/c1-3-4-2;/h1,3-4H2,2H3;. The number of unbranched alkanes of at least 4 members (excludes halogenated alkanes) is 1. The van der Waals surface area contributed by atoms with E-state index in [1.54, 1.807) is 0 Å². The van der Waals surface area contributed by atoms with E-state index in [2.05, 4.69) is 27.4 Å². The second-order valence-corrected chi connectivity index (χ2v) is 1.88. The van der Waals surface area contributed by atoms with Crippen molar-refractivity contribution in [1.82, 2.24) is 0 Å². The van der Waals surface area contributed by atoms with Crippen LogP contribution in [0.3, 0.4) is 0 Å². The average Bonchev–Trinajstić information content (AvgIpc) is 1.41. The molecule has 0 aliphatic heterocycles. The molecule has 0 atom stereocenters. The van der Waals surface area contributed by atoms with Crippen molar-refractivity contribution in [2.24, 2.45) is 0 Å². The molecule has 0 radical (unpaired) electrons. The molecule has 0 saturated heterocycles. The van der Waals surface area contributed by atoms with Crippen molar-refractivity contribution >= 4 is 0 Å². The van der Waals surface area contributed by atoms with Crippen molar-refractivity contribution in [2.75, 3.05) is 0 Å². The van der Waals surface area contributed by atoms with Crippen LogP contribution in [-0.2, 0) is 20.4 Å². The summed E-state index contributed by atoms with van der Waals surface area (Å²) in [6.45, 7) is 2.21. The zero-order valence-corrected chi connectivity index (χ0v) is 5.18. The topological polar surface area (TPSA) is 0 Å². The summed E-state index contributed by atoms with van der Waals surface area (Å²) in [4.78, 5) is 0. The Hall–Kier alpha value is 0.714. The Bertz CT molecular complexity index is 11.1. The van der Waals surface area contributed by atoms with Crippen molar-refractivity contribution in [3.8, 4) is 0 Å². The second kappa shape index (κ2) is 4.71. The third-order valence-electron chi connectivity index (χ3n) is 0.530. The first kappa shape index (κ1) is 5.71. The molecule has 0 aromatic rings. The van der Waals surface area contributed by atoms with E-state index in [1.807, 2.05) is 0 Å². The molecular weight excluding hydrogens is 95.9 g/mol. The Morgan fingerprint density at radius 1 is 1.60 bits per heavy atom. The van der Waals surface area contributed by atoms with Crippen LogP contribution in [0.1, 0.15) is 19.8 Å². The van der Waals surface area contributed by atoms with Crippen LogP contribution in [0.15, 0.2) is 0 Å². The van der Waals surface area contributed by atoms with Gasteiger partial charge in [-0.05, 0) is 0 Å². The Kier molecular flexibility index (Phi) is 5.39. The summed E-state index contributed by atoms with van der Waals surface area (Å²) in [7, 11) is 0. The molecule has 1 heteroatoms. The molecule has 0 spiro atoms. The molecule has 0 aromatic carbocycles. The van der Waals surface area contributed by atoms with Crippen molar-refractivity contribution < 1.29 is 20.4 Å². The molecule has 0 rings (SSSR count). The molecule has 0 heterocycles. The van der Waals surface area contributed by atoms with E-state index in [0.29, 0.717) is 0 Å². The van der Waals surface area contributed by atoms with Gasteiger partial charge in [0.2, 0.25) is 0 Å². The summed E-state index contributed by atoms with van der Waals surface area (Å²) in [5.41, 5.74) is 0. The zero-order chi connectivity index (χ0) is 4.12. The molecule has 0 fully saturated rings. The van der Waals surface area contributed by atoms with E-state index >= 15 is 0 Å². The Balaban J connectivity index is 2.19. The fraction of sp³-hybridized carbons (Fsp3) is 1.00. The van der Waals surface area contributed by atoms with Gasteiger partial charge in [0.15, 0.2) is 0 Å². The minimum absolute atomic E-state index is 1.34. The van der Waals surface area contributed by atoms with Gasteiger partial charge in [-0.3, -0.25) is 0 Å². The van der Waals surface area contributed by atoms with E-state index in [-0.39, 0.29) is 0 Å². The predicted octanol–water partition coefficient (Wildman–Crippen LogP) is 1.75. The van der Waals surface area contributed by atoms with Gasteiger partial charge >= 0.3 is 44.9 Å². The summed E-state index contributed by atoms with van der Waals surface area (Å²) in [5.74, 6) is 0. The van der Waals surface area contributed by atoms with Crippen LogP contribution < -0.4 is 0 Å². The number of rotatable bonds is 2. The second-order valence-electron chi connectivity index (χ2n) is 1.10. The quantitative estimate of drug-likeness (QED) is 0.469. The number of hydrogen-bond acceptors (Lipinski definition) is 0. The van der Waals surface area contributed by atoms with Crippen LogP contribution in [0, 0.1) is 0 Å². The van der Waals surface area contributed by atoms with Crippen LogP contribution in [0.2, 0.25) is 4.73 Å². The summed E-state index contributed by atoms with van der Waals surface area (Å²) in [6.07, 6.45) is 2.73. The molecule has 29 valence electrons. The summed E-state index contributed by atoms with van der Waals surface area (Å²) < 4.78 is 1.34. The Labute approximate surface area is 45.4 Å². The van der Waals surface area contributed by atoms with Gasteiger partial charge in [0.25, 0.3) is 0 Å². The van der Waals surface area contributed by atoms with Gasteiger partial charge in [0, 0.05) is 0 Å². The predicted molar refractivity (Wildman–Crippen MR) is 19.7 cm³/mol. The summed E-state index contributed by atoms with van der Waals surface area (Å²) in [5, 5.41) is 0. The molecule has 0 unspecified atom stereocenters. The molecule has 0 bridgehead atoms. The van der Waals surface area contributed by atoms with Crippen LogP contribution >= 0.6 is 0 Å². The van der Waals surface area contributed by atoms with Crippen LogP contribution in [0.5, 0.6) is 0 Å². The van der Waals surface area contributed by atoms with E-state index in [1.165, 1.54) is 17.6 Å². The van der Waals surface area contributed by atoms with E-state index in [4.69, 9.17) is 0 Å². The van der Waals surface area contributed by atoms with E-state index in [9.17, 15) is 0 Å². The monoisotopic (exact) mass is 105 g/mol. The van der Waals surface area contributed by atoms with Crippen LogP contribution in [0.4, 0.5) is 0 Å². The molecular formula is C4H9Ti. The van der Waals surface area contributed by atoms with Crippen molar-refractivity contribution in [3.05, 3.63) is 0 Å². The molecule has 0 aliphatic rings. The van der Waals surface area contributed by atoms with Crippen molar-refractivity contribution in [2.45, 2.75) is 24.5 Å². The minimum atomic E-state index is 1.34. The molecule has 0 amide bonds. The Morgan fingerprint density at radius 3 is 2.20 bits per heavy atom. The molecule has 0 N–H and O–H groups in total. The maximum absolute atomic E-state index is 2.21. The van der Waals surface area contributed by atoms with Crippen LogP contribution in [0.25, 0.3) is 0 Å². The third kappa shape index (κ3) is 4.71. The first-order valence-electron chi connectivity index (χ1n) is 2.06. The normalized spacial score (nSPS) is 8.00. The first-order chi connectivity index (χ1) is 2.41. The van der Waals surface area contributed by atoms with Gasteiger partial charge < -0.3 is 0 Å². The average molecular weight is 105 g/mol. The van der Waals surface area contributed by atoms with Crippen molar-refractivity contribution in [3.63, 3.8) is 0 Å². The fourth-order valence-corrected chi connectivity index (χ4v) is 0.729. The summed E-state index contributed by atoms with van der Waals surface area (Å²) in [6, 6.07) is 0. The fourth-order valence-electron chi connectivity index (χ4n) is 0.177. The number of hydrogen-bond donors (Lipinski definition) is 0. The van der Waals surface area contributed by atoms with Gasteiger partial charge in [-0.25, -0.2) is 0 Å². The van der Waals surface area contributed by atoms with E-state index in [0.717, 1.165) is 0 Å². The van der Waals surface area contributed by atoms with Gasteiger partial charge in [-0.15, -0.1) is 0 Å². The maximum atomic E-state index is 2.21. The Morgan fingerprint density at radius 2 is 2.20 bits per heavy atom. The molecule has 0 saturated carbocycles. The first-order valence-corrected chi connectivity index (χ1v) is 3.16. The van der Waals surface area contributed by atoms with Crippen LogP contribution in [-0.4, -0.2) is 0 Å². The molecule has 0 aromatic heterocycles.